The van der Waals surface area contributed by atoms with Gasteiger partial charge in [0.05, 0.1) is 0 Å². The molecule has 1 amide bonds. The van der Waals surface area contributed by atoms with Crippen molar-refractivity contribution in [2.75, 3.05) is 0 Å². The zero-order valence-corrected chi connectivity index (χ0v) is 12.0. The predicted octanol–water partition coefficient (Wildman–Crippen LogP) is 2.74. The smallest absolute Gasteiger partial charge is 0.239 e. The SMILES string of the molecule is Cc1cc(C(NCc2cccs2)C(N)=O)c(C)s1. The number of carbonyl (C=O) groups excluding carboxylic acids is 1. The molecule has 0 aliphatic rings. The normalized spacial score (nSPS) is 12.6. The van der Waals surface area contributed by atoms with E-state index in [2.05, 4.69) is 5.32 Å². The van der Waals surface area contributed by atoms with Crippen molar-refractivity contribution in [1.29, 1.82) is 0 Å². The van der Waals surface area contributed by atoms with E-state index in [1.807, 2.05) is 37.4 Å². The highest BCUT2D eigenvalue weighted by molar-refractivity contribution is 7.12. The fourth-order valence-corrected chi connectivity index (χ4v) is 3.54. The summed E-state index contributed by atoms with van der Waals surface area (Å²) in [6.07, 6.45) is 0. The summed E-state index contributed by atoms with van der Waals surface area (Å²) < 4.78 is 0. The van der Waals surface area contributed by atoms with Crippen LogP contribution in [0.3, 0.4) is 0 Å². The van der Waals surface area contributed by atoms with Crippen molar-refractivity contribution in [3.05, 3.63) is 43.8 Å². The van der Waals surface area contributed by atoms with Crippen LogP contribution in [0.25, 0.3) is 0 Å². The summed E-state index contributed by atoms with van der Waals surface area (Å²) >= 11 is 3.36. The van der Waals surface area contributed by atoms with Crippen molar-refractivity contribution in [2.45, 2.75) is 26.4 Å². The molecule has 0 saturated carbocycles. The molecule has 2 aromatic rings. The number of hydrogen-bond donors (Lipinski definition) is 2. The molecule has 0 saturated heterocycles. The summed E-state index contributed by atoms with van der Waals surface area (Å²) in [5.74, 6) is -0.326. The van der Waals surface area contributed by atoms with Crippen LogP contribution >= 0.6 is 22.7 Å². The van der Waals surface area contributed by atoms with E-state index in [0.717, 1.165) is 10.4 Å². The van der Waals surface area contributed by atoms with Crippen LogP contribution < -0.4 is 11.1 Å². The minimum absolute atomic E-state index is 0.326. The first kappa shape index (κ1) is 13.3. The van der Waals surface area contributed by atoms with Gasteiger partial charge in [-0.3, -0.25) is 10.1 Å². The molecule has 0 aliphatic heterocycles. The van der Waals surface area contributed by atoms with E-state index in [0.29, 0.717) is 6.54 Å². The van der Waals surface area contributed by atoms with Crippen LogP contribution in [-0.2, 0) is 11.3 Å². The fourth-order valence-electron chi connectivity index (χ4n) is 1.92. The highest BCUT2D eigenvalue weighted by atomic mass is 32.1. The first-order chi connectivity index (χ1) is 8.58. The van der Waals surface area contributed by atoms with Crippen LogP contribution in [0.1, 0.15) is 26.2 Å². The van der Waals surface area contributed by atoms with Gasteiger partial charge in [-0.05, 0) is 36.9 Å². The molecule has 96 valence electrons. The summed E-state index contributed by atoms with van der Waals surface area (Å²) in [4.78, 5) is 15.1. The molecule has 3 N–H and O–H groups in total. The Kier molecular flexibility index (Phi) is 4.16. The Hall–Kier alpha value is -1.17. The quantitative estimate of drug-likeness (QED) is 0.885. The number of thiophene rings is 2. The Morgan fingerprint density at radius 2 is 2.28 bits per heavy atom. The fraction of sp³-hybridized carbons (Fsp3) is 0.308. The number of nitrogens with two attached hydrogens (primary N) is 1. The molecule has 0 spiro atoms. The number of nitrogens with one attached hydrogen (secondary N) is 1. The zero-order chi connectivity index (χ0) is 13.1. The van der Waals surface area contributed by atoms with Crippen molar-refractivity contribution in [1.82, 2.24) is 5.32 Å². The minimum atomic E-state index is -0.406. The van der Waals surface area contributed by atoms with Gasteiger partial charge in [-0.2, -0.15) is 0 Å². The van der Waals surface area contributed by atoms with Crippen molar-refractivity contribution >= 4 is 28.6 Å². The van der Waals surface area contributed by atoms with E-state index in [4.69, 9.17) is 5.73 Å². The van der Waals surface area contributed by atoms with Gasteiger partial charge >= 0.3 is 0 Å². The molecule has 18 heavy (non-hydrogen) atoms. The molecular weight excluding hydrogens is 264 g/mol. The Morgan fingerprint density at radius 3 is 2.78 bits per heavy atom. The maximum absolute atomic E-state index is 11.6. The monoisotopic (exact) mass is 280 g/mol. The zero-order valence-electron chi connectivity index (χ0n) is 10.4. The number of rotatable bonds is 5. The number of aryl methyl sites for hydroxylation is 2. The Morgan fingerprint density at radius 1 is 1.50 bits per heavy atom. The first-order valence-electron chi connectivity index (χ1n) is 5.70. The number of carbonyl (C=O) groups is 1. The molecular formula is C13H16N2OS2. The largest absolute Gasteiger partial charge is 0.368 e. The van der Waals surface area contributed by atoms with Gasteiger partial charge in [0.25, 0.3) is 0 Å². The van der Waals surface area contributed by atoms with Crippen molar-refractivity contribution in [3.63, 3.8) is 0 Å². The van der Waals surface area contributed by atoms with Crippen LogP contribution in [0.5, 0.6) is 0 Å². The first-order valence-corrected chi connectivity index (χ1v) is 7.39. The number of hydrogen-bond acceptors (Lipinski definition) is 4. The number of primary amides is 1. The lowest BCUT2D eigenvalue weighted by atomic mass is 10.1. The van der Waals surface area contributed by atoms with Gasteiger partial charge in [0.15, 0.2) is 0 Å². The second kappa shape index (κ2) is 5.65. The second-order valence-electron chi connectivity index (χ2n) is 4.16. The summed E-state index contributed by atoms with van der Waals surface area (Å²) in [7, 11) is 0. The molecule has 2 heterocycles. The molecule has 2 rings (SSSR count). The third-order valence-corrected chi connectivity index (χ3v) is 4.59. The van der Waals surface area contributed by atoms with Crippen molar-refractivity contribution in [3.8, 4) is 0 Å². The van der Waals surface area contributed by atoms with E-state index in [9.17, 15) is 4.79 Å². The molecule has 1 unspecified atom stereocenters. The molecule has 5 heteroatoms. The summed E-state index contributed by atoms with van der Waals surface area (Å²) in [6.45, 7) is 4.73. The van der Waals surface area contributed by atoms with Gasteiger partial charge in [-0.15, -0.1) is 22.7 Å². The highest BCUT2D eigenvalue weighted by Gasteiger charge is 2.20. The summed E-state index contributed by atoms with van der Waals surface area (Å²) in [5.41, 5.74) is 6.49. The summed E-state index contributed by atoms with van der Waals surface area (Å²) in [6, 6.07) is 5.68. The third kappa shape index (κ3) is 2.98. The molecule has 0 radical (unpaired) electrons. The molecule has 0 fully saturated rings. The average Bonchev–Trinajstić information content (AvgIpc) is 2.89. The van der Waals surface area contributed by atoms with E-state index in [-0.39, 0.29) is 5.91 Å². The van der Waals surface area contributed by atoms with Gasteiger partial charge < -0.3 is 5.73 Å². The maximum Gasteiger partial charge on any atom is 0.239 e. The van der Waals surface area contributed by atoms with Crippen molar-refractivity contribution in [2.24, 2.45) is 5.73 Å². The molecule has 1 atom stereocenters. The van der Waals surface area contributed by atoms with Gasteiger partial charge in [-0.1, -0.05) is 6.07 Å². The molecule has 0 bridgehead atoms. The highest BCUT2D eigenvalue weighted by Crippen LogP contribution is 2.26. The van der Waals surface area contributed by atoms with E-state index in [1.54, 1.807) is 22.7 Å². The lowest BCUT2D eigenvalue weighted by Gasteiger charge is -2.14. The average molecular weight is 280 g/mol. The summed E-state index contributed by atoms with van der Waals surface area (Å²) in [5, 5.41) is 5.26. The Bertz CT molecular complexity index is 531. The number of amides is 1. The van der Waals surface area contributed by atoms with Gasteiger partial charge in [0.1, 0.15) is 6.04 Å². The molecule has 0 aliphatic carbocycles. The van der Waals surface area contributed by atoms with E-state index >= 15 is 0 Å². The van der Waals surface area contributed by atoms with E-state index < -0.39 is 6.04 Å². The van der Waals surface area contributed by atoms with E-state index in [1.165, 1.54) is 9.75 Å². The lowest BCUT2D eigenvalue weighted by molar-refractivity contribution is -0.120. The Balaban J connectivity index is 2.13. The Labute approximate surface area is 115 Å². The minimum Gasteiger partial charge on any atom is -0.368 e. The molecule has 3 nitrogen and oxygen atoms in total. The van der Waals surface area contributed by atoms with Crippen LogP contribution in [0, 0.1) is 13.8 Å². The standard InChI is InChI=1S/C13H16N2OS2/c1-8-6-11(9(2)18-8)12(13(14)16)15-7-10-4-3-5-17-10/h3-6,12,15H,7H2,1-2H3,(H2,14,16). The second-order valence-corrected chi connectivity index (χ2v) is 6.66. The maximum atomic E-state index is 11.6. The molecule has 2 aromatic heterocycles. The van der Waals surface area contributed by atoms with Crippen LogP contribution in [0.4, 0.5) is 0 Å². The van der Waals surface area contributed by atoms with Crippen LogP contribution in [0.15, 0.2) is 23.6 Å². The van der Waals surface area contributed by atoms with Crippen LogP contribution in [-0.4, -0.2) is 5.91 Å². The molecule has 0 aromatic carbocycles. The topological polar surface area (TPSA) is 55.1 Å². The van der Waals surface area contributed by atoms with Gasteiger partial charge in [0.2, 0.25) is 5.91 Å². The predicted molar refractivity (Wildman–Crippen MR) is 76.9 cm³/mol. The van der Waals surface area contributed by atoms with Crippen LogP contribution in [0.2, 0.25) is 0 Å². The third-order valence-electron chi connectivity index (χ3n) is 2.74. The van der Waals surface area contributed by atoms with Crippen molar-refractivity contribution < 1.29 is 4.79 Å². The van der Waals surface area contributed by atoms with Gasteiger partial charge in [0, 0.05) is 21.2 Å². The van der Waals surface area contributed by atoms with Gasteiger partial charge in [-0.25, -0.2) is 0 Å². The lowest BCUT2D eigenvalue weighted by Crippen LogP contribution is -2.33.